The molecule has 0 spiro atoms. The number of fused-ring (bicyclic) bond motifs is 1. The Labute approximate surface area is 151 Å². The first-order chi connectivity index (χ1) is 10.8. The minimum atomic E-state index is -2.04. The van der Waals surface area contributed by atoms with Crippen molar-refractivity contribution in [2.75, 3.05) is 5.32 Å². The Morgan fingerprint density at radius 3 is 2.65 bits per heavy atom. The number of amides is 1. The van der Waals surface area contributed by atoms with Gasteiger partial charge in [-0.25, -0.2) is 4.98 Å². The third-order valence-electron chi connectivity index (χ3n) is 2.97. The Morgan fingerprint density at radius 1 is 1.13 bits per heavy atom. The lowest BCUT2D eigenvalue weighted by Crippen LogP contribution is -2.26. The van der Waals surface area contributed by atoms with Crippen molar-refractivity contribution in [3.63, 3.8) is 0 Å². The van der Waals surface area contributed by atoms with Gasteiger partial charge < -0.3 is 9.73 Å². The Balaban J connectivity index is 1.93. The molecule has 118 valence electrons. The normalized spacial score (nSPS) is 11.7. The maximum atomic E-state index is 11.7. The highest BCUT2D eigenvalue weighted by Crippen LogP contribution is 2.30. The second-order valence-electron chi connectivity index (χ2n) is 4.66. The van der Waals surface area contributed by atoms with Crippen LogP contribution in [-0.2, 0) is 4.79 Å². The molecule has 0 atom stereocenters. The third-order valence-corrected chi connectivity index (χ3v) is 3.72. The quantitative estimate of drug-likeness (QED) is 0.592. The fraction of sp³-hybridized carbons (Fsp3) is 0.0667. The maximum absolute atomic E-state index is 11.7. The monoisotopic (exact) mass is 388 g/mol. The van der Waals surface area contributed by atoms with Gasteiger partial charge in [0.05, 0.1) is 0 Å². The lowest BCUT2D eigenvalue weighted by atomic mass is 10.2. The van der Waals surface area contributed by atoms with E-state index in [9.17, 15) is 4.79 Å². The van der Waals surface area contributed by atoms with E-state index in [1.165, 1.54) is 0 Å². The van der Waals surface area contributed by atoms with Gasteiger partial charge in [-0.3, -0.25) is 4.79 Å². The van der Waals surface area contributed by atoms with E-state index in [1.807, 2.05) is 0 Å². The molecule has 1 amide bonds. The zero-order chi connectivity index (χ0) is 16.6. The fourth-order valence-electron chi connectivity index (χ4n) is 1.96. The molecule has 3 aromatic rings. The topological polar surface area (TPSA) is 55.1 Å². The van der Waals surface area contributed by atoms with Gasteiger partial charge in [0, 0.05) is 16.3 Å². The van der Waals surface area contributed by atoms with Crippen LogP contribution in [0.25, 0.3) is 22.6 Å². The second kappa shape index (κ2) is 6.21. The number of carbonyl (C=O) groups excluding carboxylic acids is 1. The molecule has 0 saturated carbocycles. The number of rotatable bonds is 2. The van der Waals surface area contributed by atoms with E-state index >= 15 is 0 Å². The largest absolute Gasteiger partial charge is 0.436 e. The Bertz CT molecular complexity index is 887. The minimum Gasteiger partial charge on any atom is -0.436 e. The maximum Gasteiger partial charge on any atom is 0.276 e. The number of carbonyl (C=O) groups is 1. The van der Waals surface area contributed by atoms with Crippen molar-refractivity contribution in [2.24, 2.45) is 0 Å². The average molecular weight is 390 g/mol. The summed E-state index contributed by atoms with van der Waals surface area (Å²) in [5, 5.41) is 3.08. The zero-order valence-corrected chi connectivity index (χ0v) is 14.3. The number of halogens is 4. The lowest BCUT2D eigenvalue weighted by Gasteiger charge is -2.11. The van der Waals surface area contributed by atoms with Crippen LogP contribution in [0.4, 0.5) is 5.69 Å². The first kappa shape index (κ1) is 16.4. The van der Waals surface area contributed by atoms with E-state index < -0.39 is 9.70 Å². The molecule has 1 aromatic heterocycles. The van der Waals surface area contributed by atoms with Crippen LogP contribution in [0.3, 0.4) is 0 Å². The molecule has 23 heavy (non-hydrogen) atoms. The summed E-state index contributed by atoms with van der Waals surface area (Å²) >= 11 is 22.5. The van der Waals surface area contributed by atoms with E-state index in [1.54, 1.807) is 42.5 Å². The molecule has 2 aromatic carbocycles. The zero-order valence-electron chi connectivity index (χ0n) is 11.3. The van der Waals surface area contributed by atoms with Gasteiger partial charge in [0.25, 0.3) is 9.70 Å². The standard InChI is InChI=1S/C15H8Cl4N2O2/c16-9-4-5-12-11(7-9)21-13(23-12)8-2-1-3-10(6-8)20-14(22)15(17,18)19/h1-7H,(H,20,22). The van der Waals surface area contributed by atoms with Crippen LogP contribution in [0, 0.1) is 0 Å². The fourth-order valence-corrected chi connectivity index (χ4v) is 2.26. The predicted octanol–water partition coefficient (Wildman–Crippen LogP) is 5.46. The number of nitrogens with zero attached hydrogens (tertiary/aromatic N) is 1. The lowest BCUT2D eigenvalue weighted by molar-refractivity contribution is -0.115. The molecule has 0 bridgehead atoms. The van der Waals surface area contributed by atoms with Crippen LogP contribution in [-0.4, -0.2) is 14.7 Å². The van der Waals surface area contributed by atoms with Crippen molar-refractivity contribution < 1.29 is 9.21 Å². The molecule has 0 unspecified atom stereocenters. The highest BCUT2D eigenvalue weighted by Gasteiger charge is 2.30. The van der Waals surface area contributed by atoms with Crippen molar-refractivity contribution >= 4 is 69.1 Å². The molecule has 0 fully saturated rings. The van der Waals surface area contributed by atoms with Gasteiger partial charge in [0.2, 0.25) is 5.89 Å². The number of aromatic nitrogens is 1. The molecule has 1 heterocycles. The van der Waals surface area contributed by atoms with Gasteiger partial charge in [-0.1, -0.05) is 52.5 Å². The van der Waals surface area contributed by atoms with Gasteiger partial charge in [-0.15, -0.1) is 0 Å². The molecule has 0 aliphatic rings. The summed E-state index contributed by atoms with van der Waals surface area (Å²) in [7, 11) is 0. The molecular formula is C15H8Cl4N2O2. The first-order valence-electron chi connectivity index (χ1n) is 6.37. The molecule has 0 aliphatic heterocycles. The summed E-state index contributed by atoms with van der Waals surface area (Å²) in [6.45, 7) is 0. The minimum absolute atomic E-state index is 0.396. The number of alkyl halides is 3. The predicted molar refractivity (Wildman–Crippen MR) is 93.4 cm³/mol. The number of hydrogen-bond acceptors (Lipinski definition) is 3. The summed E-state index contributed by atoms with van der Waals surface area (Å²) in [4.78, 5) is 16.1. The van der Waals surface area contributed by atoms with E-state index in [-0.39, 0.29) is 0 Å². The van der Waals surface area contributed by atoms with Crippen molar-refractivity contribution in [2.45, 2.75) is 3.79 Å². The number of nitrogens with one attached hydrogen (secondary N) is 1. The van der Waals surface area contributed by atoms with Crippen molar-refractivity contribution in [3.8, 4) is 11.5 Å². The summed E-state index contributed by atoms with van der Waals surface area (Å²) < 4.78 is 3.64. The van der Waals surface area contributed by atoms with Crippen LogP contribution in [0.2, 0.25) is 5.02 Å². The smallest absolute Gasteiger partial charge is 0.276 e. The van der Waals surface area contributed by atoms with Gasteiger partial charge in [-0.2, -0.15) is 0 Å². The Morgan fingerprint density at radius 2 is 1.91 bits per heavy atom. The van der Waals surface area contributed by atoms with Crippen molar-refractivity contribution in [1.82, 2.24) is 4.98 Å². The summed E-state index contributed by atoms with van der Waals surface area (Å²) in [5.41, 5.74) is 2.38. The molecule has 1 N–H and O–H groups in total. The molecule has 0 radical (unpaired) electrons. The van der Waals surface area contributed by atoms with Crippen LogP contribution in [0.15, 0.2) is 46.9 Å². The van der Waals surface area contributed by atoms with Crippen LogP contribution < -0.4 is 5.32 Å². The van der Waals surface area contributed by atoms with Gasteiger partial charge in [0.15, 0.2) is 5.58 Å². The number of benzene rings is 2. The number of anilines is 1. The third kappa shape index (κ3) is 3.72. The summed E-state index contributed by atoms with van der Waals surface area (Å²) in [6.07, 6.45) is 0. The molecule has 3 rings (SSSR count). The SMILES string of the molecule is O=C(Nc1cccc(-c2nc3cc(Cl)ccc3o2)c1)C(Cl)(Cl)Cl. The van der Waals surface area contributed by atoms with Crippen LogP contribution in [0.1, 0.15) is 0 Å². The number of hydrogen-bond donors (Lipinski definition) is 1. The van der Waals surface area contributed by atoms with Crippen molar-refractivity contribution in [1.29, 1.82) is 0 Å². The molecule has 4 nitrogen and oxygen atoms in total. The molecule has 8 heteroatoms. The van der Waals surface area contributed by atoms with Crippen LogP contribution in [0.5, 0.6) is 0 Å². The van der Waals surface area contributed by atoms with Crippen molar-refractivity contribution in [3.05, 3.63) is 47.5 Å². The van der Waals surface area contributed by atoms with E-state index in [4.69, 9.17) is 50.8 Å². The molecule has 0 saturated heterocycles. The summed E-state index contributed by atoms with van der Waals surface area (Å²) in [5.74, 6) is -0.351. The molecule has 0 aliphatic carbocycles. The van der Waals surface area contributed by atoms with Gasteiger partial charge in [-0.05, 0) is 36.4 Å². The highest BCUT2D eigenvalue weighted by atomic mass is 35.6. The van der Waals surface area contributed by atoms with E-state index in [2.05, 4.69) is 10.3 Å². The highest BCUT2D eigenvalue weighted by molar-refractivity contribution is 6.76. The summed E-state index contributed by atoms with van der Waals surface area (Å²) in [6, 6.07) is 12.0. The van der Waals surface area contributed by atoms with Gasteiger partial charge >= 0.3 is 0 Å². The van der Waals surface area contributed by atoms with E-state index in [0.29, 0.717) is 33.3 Å². The van der Waals surface area contributed by atoms with Gasteiger partial charge in [0.1, 0.15) is 5.52 Å². The number of oxazole rings is 1. The average Bonchev–Trinajstić information content (AvgIpc) is 2.89. The Kier molecular flexibility index (Phi) is 4.43. The molecular weight excluding hydrogens is 382 g/mol. The first-order valence-corrected chi connectivity index (χ1v) is 7.89. The van der Waals surface area contributed by atoms with E-state index in [0.717, 1.165) is 0 Å². The second-order valence-corrected chi connectivity index (χ2v) is 7.38. The Hall–Kier alpha value is -1.46. The van der Waals surface area contributed by atoms with Crippen LogP contribution >= 0.6 is 46.4 Å².